The summed E-state index contributed by atoms with van der Waals surface area (Å²) in [5.41, 5.74) is -1.61. The van der Waals surface area contributed by atoms with E-state index >= 15 is 0 Å². The molecule has 0 saturated carbocycles. The summed E-state index contributed by atoms with van der Waals surface area (Å²) in [6, 6.07) is 1.40. The van der Waals surface area contributed by atoms with Gasteiger partial charge in [0, 0.05) is 13.1 Å². The van der Waals surface area contributed by atoms with Gasteiger partial charge in [0.15, 0.2) is 5.69 Å². The molecule has 0 radical (unpaired) electrons. The molecule has 0 unspecified atom stereocenters. The molecule has 0 saturated heterocycles. The van der Waals surface area contributed by atoms with E-state index in [4.69, 9.17) is 5.11 Å². The van der Waals surface area contributed by atoms with Gasteiger partial charge in [0.1, 0.15) is 5.82 Å². The van der Waals surface area contributed by atoms with Crippen LogP contribution < -0.4 is 4.90 Å². The Balaban J connectivity index is 3.35. The van der Waals surface area contributed by atoms with Crippen LogP contribution in [0.3, 0.4) is 0 Å². The molecule has 1 heterocycles. The molecule has 100 valence electrons. The van der Waals surface area contributed by atoms with Crippen molar-refractivity contribution in [2.24, 2.45) is 0 Å². The Kier molecular flexibility index (Phi) is 4.15. The van der Waals surface area contributed by atoms with Crippen LogP contribution in [0.2, 0.25) is 0 Å². The summed E-state index contributed by atoms with van der Waals surface area (Å²) in [7, 11) is 0. The van der Waals surface area contributed by atoms with Crippen molar-refractivity contribution in [3.05, 3.63) is 23.4 Å². The fourth-order valence-corrected chi connectivity index (χ4v) is 1.50. The largest absolute Gasteiger partial charge is 0.477 e. The van der Waals surface area contributed by atoms with E-state index in [2.05, 4.69) is 4.98 Å². The van der Waals surface area contributed by atoms with Crippen LogP contribution in [0.5, 0.6) is 0 Å². The molecule has 1 rings (SSSR count). The van der Waals surface area contributed by atoms with Crippen molar-refractivity contribution in [2.75, 3.05) is 18.0 Å². The zero-order valence-electron chi connectivity index (χ0n) is 9.95. The zero-order valence-corrected chi connectivity index (χ0v) is 9.95. The fourth-order valence-electron chi connectivity index (χ4n) is 1.50. The van der Waals surface area contributed by atoms with Crippen LogP contribution in [0.4, 0.5) is 19.0 Å². The summed E-state index contributed by atoms with van der Waals surface area (Å²) < 4.78 is 37.9. The summed E-state index contributed by atoms with van der Waals surface area (Å²) in [5.74, 6) is -1.46. The SMILES string of the molecule is CCN(CC)c1cc(C(F)(F)F)cc(C(=O)O)n1. The van der Waals surface area contributed by atoms with Crippen LogP contribution >= 0.6 is 0 Å². The van der Waals surface area contributed by atoms with Gasteiger partial charge in [-0.1, -0.05) is 0 Å². The Morgan fingerprint density at radius 1 is 1.33 bits per heavy atom. The van der Waals surface area contributed by atoms with Gasteiger partial charge in [-0.3, -0.25) is 0 Å². The molecule has 0 aliphatic heterocycles. The lowest BCUT2D eigenvalue weighted by Crippen LogP contribution is -2.24. The minimum absolute atomic E-state index is 0.0206. The predicted octanol–water partition coefficient (Wildman–Crippen LogP) is 2.64. The second-order valence-electron chi connectivity index (χ2n) is 3.57. The first-order chi connectivity index (χ1) is 8.29. The van der Waals surface area contributed by atoms with Gasteiger partial charge in [-0.25, -0.2) is 9.78 Å². The van der Waals surface area contributed by atoms with E-state index < -0.39 is 23.4 Å². The lowest BCUT2D eigenvalue weighted by Gasteiger charge is -2.21. The average Bonchev–Trinajstić information content (AvgIpc) is 2.29. The van der Waals surface area contributed by atoms with Gasteiger partial charge in [0.2, 0.25) is 0 Å². The Hall–Kier alpha value is -1.79. The lowest BCUT2D eigenvalue weighted by atomic mass is 10.2. The Bertz CT molecular complexity index is 442. The number of aromatic carboxylic acids is 1. The van der Waals surface area contributed by atoms with E-state index in [1.54, 1.807) is 18.7 Å². The number of aromatic nitrogens is 1. The number of hydrogen-bond acceptors (Lipinski definition) is 3. The fraction of sp³-hybridized carbons (Fsp3) is 0.455. The van der Waals surface area contributed by atoms with E-state index in [-0.39, 0.29) is 5.82 Å². The van der Waals surface area contributed by atoms with E-state index in [1.165, 1.54) is 0 Å². The highest BCUT2D eigenvalue weighted by atomic mass is 19.4. The molecule has 0 aliphatic carbocycles. The third-order valence-electron chi connectivity index (χ3n) is 2.45. The molecule has 0 spiro atoms. The average molecular weight is 262 g/mol. The van der Waals surface area contributed by atoms with Gasteiger partial charge < -0.3 is 10.0 Å². The molecule has 1 aromatic heterocycles. The molecule has 0 atom stereocenters. The van der Waals surface area contributed by atoms with Crippen LogP contribution in [0, 0.1) is 0 Å². The van der Waals surface area contributed by atoms with Gasteiger partial charge in [0.05, 0.1) is 5.56 Å². The minimum Gasteiger partial charge on any atom is -0.477 e. The smallest absolute Gasteiger partial charge is 0.416 e. The van der Waals surface area contributed by atoms with Gasteiger partial charge in [0.25, 0.3) is 0 Å². The third-order valence-corrected chi connectivity index (χ3v) is 2.45. The summed E-state index contributed by atoms with van der Waals surface area (Å²) in [6.07, 6.45) is -4.59. The van der Waals surface area contributed by atoms with Gasteiger partial charge in [-0.15, -0.1) is 0 Å². The molecule has 4 nitrogen and oxygen atoms in total. The first-order valence-electron chi connectivity index (χ1n) is 5.37. The van der Waals surface area contributed by atoms with Crippen molar-refractivity contribution in [3.8, 4) is 0 Å². The second-order valence-corrected chi connectivity index (χ2v) is 3.57. The number of rotatable bonds is 4. The van der Waals surface area contributed by atoms with Crippen molar-refractivity contribution in [3.63, 3.8) is 0 Å². The molecular weight excluding hydrogens is 249 g/mol. The second kappa shape index (κ2) is 5.24. The lowest BCUT2D eigenvalue weighted by molar-refractivity contribution is -0.137. The zero-order chi connectivity index (χ0) is 13.9. The Labute approximate surface area is 102 Å². The van der Waals surface area contributed by atoms with Gasteiger partial charge >= 0.3 is 12.1 Å². The van der Waals surface area contributed by atoms with E-state index in [0.717, 1.165) is 6.07 Å². The van der Waals surface area contributed by atoms with Crippen LogP contribution in [-0.4, -0.2) is 29.1 Å². The number of halogens is 3. The third kappa shape index (κ3) is 3.12. The molecule has 0 amide bonds. The molecule has 0 bridgehead atoms. The summed E-state index contributed by atoms with van der Waals surface area (Å²) in [4.78, 5) is 16.1. The maximum atomic E-state index is 12.6. The Morgan fingerprint density at radius 3 is 2.28 bits per heavy atom. The minimum atomic E-state index is -4.59. The topological polar surface area (TPSA) is 53.4 Å². The van der Waals surface area contributed by atoms with Crippen molar-refractivity contribution in [1.29, 1.82) is 0 Å². The number of carbonyl (C=O) groups is 1. The highest BCUT2D eigenvalue weighted by molar-refractivity contribution is 5.86. The summed E-state index contributed by atoms with van der Waals surface area (Å²) in [5, 5.41) is 8.78. The highest BCUT2D eigenvalue weighted by Crippen LogP contribution is 2.31. The molecule has 1 aromatic rings. The molecule has 0 aliphatic rings. The predicted molar refractivity (Wildman–Crippen MR) is 59.8 cm³/mol. The monoisotopic (exact) mass is 262 g/mol. The maximum absolute atomic E-state index is 12.6. The molecule has 0 aromatic carbocycles. The van der Waals surface area contributed by atoms with Gasteiger partial charge in [-0.05, 0) is 26.0 Å². The first kappa shape index (κ1) is 14.3. The van der Waals surface area contributed by atoms with Crippen molar-refractivity contribution >= 4 is 11.8 Å². The number of nitrogens with zero attached hydrogens (tertiary/aromatic N) is 2. The standard InChI is InChI=1S/C11H13F3N2O2/c1-3-16(4-2)9-6-7(11(12,13)14)5-8(15-9)10(17)18/h5-6H,3-4H2,1-2H3,(H,17,18). The number of anilines is 1. The summed E-state index contributed by atoms with van der Waals surface area (Å²) >= 11 is 0. The molecule has 7 heteroatoms. The number of carboxylic acids is 1. The van der Waals surface area contributed by atoms with Crippen molar-refractivity contribution in [1.82, 2.24) is 4.98 Å². The molecule has 1 N–H and O–H groups in total. The van der Waals surface area contributed by atoms with Crippen LogP contribution in [0.1, 0.15) is 29.9 Å². The molecule has 0 fully saturated rings. The van der Waals surface area contributed by atoms with E-state index in [1.807, 2.05) is 0 Å². The van der Waals surface area contributed by atoms with Crippen LogP contribution in [0.15, 0.2) is 12.1 Å². The van der Waals surface area contributed by atoms with Crippen molar-refractivity contribution < 1.29 is 23.1 Å². The highest BCUT2D eigenvalue weighted by Gasteiger charge is 2.32. The van der Waals surface area contributed by atoms with Crippen molar-refractivity contribution in [2.45, 2.75) is 20.0 Å². The first-order valence-corrected chi connectivity index (χ1v) is 5.37. The molecular formula is C11H13F3N2O2. The normalized spacial score (nSPS) is 11.4. The van der Waals surface area contributed by atoms with E-state index in [0.29, 0.717) is 19.2 Å². The van der Waals surface area contributed by atoms with Gasteiger partial charge in [-0.2, -0.15) is 13.2 Å². The van der Waals surface area contributed by atoms with Crippen LogP contribution in [-0.2, 0) is 6.18 Å². The maximum Gasteiger partial charge on any atom is 0.416 e. The molecule has 18 heavy (non-hydrogen) atoms. The number of alkyl halides is 3. The van der Waals surface area contributed by atoms with E-state index in [9.17, 15) is 18.0 Å². The quantitative estimate of drug-likeness (QED) is 0.906. The number of carboxylic acid groups (broad SMARTS) is 1. The Morgan fingerprint density at radius 2 is 1.89 bits per heavy atom. The number of hydrogen-bond donors (Lipinski definition) is 1. The summed E-state index contributed by atoms with van der Waals surface area (Å²) in [6.45, 7) is 4.41. The number of pyridine rings is 1. The van der Waals surface area contributed by atoms with Crippen LogP contribution in [0.25, 0.3) is 0 Å².